The first kappa shape index (κ1) is 17.4. The summed E-state index contributed by atoms with van der Waals surface area (Å²) in [5.74, 6) is 7.28. The summed E-state index contributed by atoms with van der Waals surface area (Å²) >= 11 is 0. The topological polar surface area (TPSA) is 0 Å². The Hall–Kier alpha value is -2.00. The zero-order chi connectivity index (χ0) is 16.5. The summed E-state index contributed by atoms with van der Waals surface area (Å²) in [4.78, 5) is 0. The van der Waals surface area contributed by atoms with Crippen LogP contribution in [-0.4, -0.2) is 0 Å². The molecule has 0 nitrogen and oxygen atoms in total. The number of aryl methyl sites for hydroxylation is 1. The Balaban J connectivity index is 1.98. The van der Waals surface area contributed by atoms with Crippen LogP contribution in [0.15, 0.2) is 48.5 Å². The Labute approximate surface area is 142 Å². The highest BCUT2D eigenvalue weighted by molar-refractivity contribution is 5.44. The molecule has 1 atom stereocenters. The lowest BCUT2D eigenvalue weighted by Gasteiger charge is -2.07. The van der Waals surface area contributed by atoms with E-state index < -0.39 is 0 Å². The first-order valence-electron chi connectivity index (χ1n) is 8.91. The minimum Gasteiger partial charge on any atom is -0.0654 e. The zero-order valence-electron chi connectivity index (χ0n) is 14.7. The van der Waals surface area contributed by atoms with Gasteiger partial charge in [0.25, 0.3) is 0 Å². The van der Waals surface area contributed by atoms with Crippen LogP contribution in [0, 0.1) is 17.8 Å². The summed E-state index contributed by atoms with van der Waals surface area (Å²) in [5.41, 5.74) is 5.00. The van der Waals surface area contributed by atoms with Gasteiger partial charge in [0.15, 0.2) is 0 Å². The van der Waals surface area contributed by atoms with Crippen LogP contribution in [0.5, 0.6) is 0 Å². The van der Waals surface area contributed by atoms with Gasteiger partial charge in [-0.25, -0.2) is 0 Å². The summed E-state index contributed by atoms with van der Waals surface area (Å²) in [5, 5.41) is 0. The summed E-state index contributed by atoms with van der Waals surface area (Å²) in [7, 11) is 0. The third-order valence-electron chi connectivity index (χ3n) is 4.36. The molecule has 0 heteroatoms. The second kappa shape index (κ2) is 9.21. The predicted octanol–water partition coefficient (Wildman–Crippen LogP) is 6.02. The molecule has 0 saturated carbocycles. The predicted molar refractivity (Wildman–Crippen MR) is 101 cm³/mol. The second-order valence-corrected chi connectivity index (χ2v) is 6.46. The van der Waals surface area contributed by atoms with Gasteiger partial charge in [-0.2, -0.15) is 0 Å². The van der Waals surface area contributed by atoms with E-state index in [4.69, 9.17) is 0 Å². The molecule has 1 unspecified atom stereocenters. The smallest absolute Gasteiger partial charge is 0.0249 e. The lowest BCUT2D eigenvalue weighted by Crippen LogP contribution is -1.97. The van der Waals surface area contributed by atoms with E-state index in [1.54, 1.807) is 0 Å². The molecule has 0 N–H and O–H groups in total. The van der Waals surface area contributed by atoms with Crippen molar-refractivity contribution in [1.29, 1.82) is 0 Å². The molecule has 0 amide bonds. The van der Waals surface area contributed by atoms with Gasteiger partial charge in [-0.15, -0.1) is 0 Å². The number of hydrogen-bond donors (Lipinski definition) is 0. The Morgan fingerprint density at radius 3 is 1.78 bits per heavy atom. The van der Waals surface area contributed by atoms with Crippen molar-refractivity contribution in [2.24, 2.45) is 5.92 Å². The monoisotopic (exact) mass is 304 g/mol. The van der Waals surface area contributed by atoms with E-state index in [9.17, 15) is 0 Å². The highest BCUT2D eigenvalue weighted by Crippen LogP contribution is 2.12. The van der Waals surface area contributed by atoms with Crippen molar-refractivity contribution in [3.05, 3.63) is 70.8 Å². The van der Waals surface area contributed by atoms with Gasteiger partial charge in [0.1, 0.15) is 0 Å². The first-order chi connectivity index (χ1) is 11.2. The molecule has 0 fully saturated rings. The Kier molecular flexibility index (Phi) is 6.95. The van der Waals surface area contributed by atoms with E-state index in [0.29, 0.717) is 0 Å². The molecule has 120 valence electrons. The first-order valence-corrected chi connectivity index (χ1v) is 8.91. The molecule has 0 aliphatic heterocycles. The van der Waals surface area contributed by atoms with Crippen molar-refractivity contribution in [2.45, 2.75) is 52.9 Å². The van der Waals surface area contributed by atoms with Gasteiger partial charge in [0.2, 0.25) is 0 Å². The van der Waals surface area contributed by atoms with Crippen LogP contribution < -0.4 is 0 Å². The molecule has 0 bridgehead atoms. The standard InChI is InChI=1S/C23H28/c1-4-6-7-20-8-10-21(11-9-20)12-13-22-14-16-23(17-15-22)18-19(3)5-2/h8-11,14-17,19H,4-7,18H2,1-3H3. The van der Waals surface area contributed by atoms with E-state index in [1.165, 1.54) is 36.8 Å². The maximum atomic E-state index is 3.27. The summed E-state index contributed by atoms with van der Waals surface area (Å²) in [6, 6.07) is 17.4. The highest BCUT2D eigenvalue weighted by Gasteiger charge is 2.00. The number of unbranched alkanes of at least 4 members (excludes halogenated alkanes) is 1. The average molecular weight is 304 g/mol. The van der Waals surface area contributed by atoms with Crippen LogP contribution in [0.4, 0.5) is 0 Å². The highest BCUT2D eigenvalue weighted by atomic mass is 14.1. The molecule has 0 heterocycles. The van der Waals surface area contributed by atoms with Gasteiger partial charge in [-0.1, -0.05) is 69.7 Å². The van der Waals surface area contributed by atoms with Crippen LogP contribution in [0.2, 0.25) is 0 Å². The molecule has 23 heavy (non-hydrogen) atoms. The molecule has 0 aliphatic carbocycles. The summed E-state index contributed by atoms with van der Waals surface area (Å²) in [6.07, 6.45) is 6.06. The van der Waals surface area contributed by atoms with E-state index in [1.807, 2.05) is 0 Å². The van der Waals surface area contributed by atoms with Crippen LogP contribution in [0.3, 0.4) is 0 Å². The van der Waals surface area contributed by atoms with E-state index >= 15 is 0 Å². The maximum absolute atomic E-state index is 3.27. The maximum Gasteiger partial charge on any atom is 0.0249 e. The molecule has 0 aliphatic rings. The largest absolute Gasteiger partial charge is 0.0654 e. The van der Waals surface area contributed by atoms with Crippen molar-refractivity contribution in [1.82, 2.24) is 0 Å². The van der Waals surface area contributed by atoms with Gasteiger partial charge in [0.05, 0.1) is 0 Å². The quantitative estimate of drug-likeness (QED) is 0.573. The third kappa shape index (κ3) is 5.95. The molecule has 2 aromatic carbocycles. The number of hydrogen-bond acceptors (Lipinski definition) is 0. The van der Waals surface area contributed by atoms with Gasteiger partial charge >= 0.3 is 0 Å². The zero-order valence-corrected chi connectivity index (χ0v) is 14.7. The molecule has 2 rings (SSSR count). The van der Waals surface area contributed by atoms with Crippen molar-refractivity contribution in [3.8, 4) is 11.8 Å². The van der Waals surface area contributed by atoms with Crippen LogP contribution in [0.1, 0.15) is 62.3 Å². The molecular formula is C23H28. The van der Waals surface area contributed by atoms with E-state index in [2.05, 4.69) is 81.1 Å². The fraction of sp³-hybridized carbons (Fsp3) is 0.391. The van der Waals surface area contributed by atoms with Crippen molar-refractivity contribution >= 4 is 0 Å². The minimum atomic E-state index is 0.748. The normalized spacial score (nSPS) is 11.6. The molecule has 0 radical (unpaired) electrons. The molecule has 0 spiro atoms. The lowest BCUT2D eigenvalue weighted by molar-refractivity contribution is 0.560. The van der Waals surface area contributed by atoms with Gasteiger partial charge in [0, 0.05) is 11.1 Å². The average Bonchev–Trinajstić information content (AvgIpc) is 2.60. The molecular weight excluding hydrogens is 276 g/mol. The van der Waals surface area contributed by atoms with Crippen LogP contribution in [-0.2, 0) is 12.8 Å². The van der Waals surface area contributed by atoms with Crippen LogP contribution >= 0.6 is 0 Å². The van der Waals surface area contributed by atoms with Crippen molar-refractivity contribution in [3.63, 3.8) is 0 Å². The summed E-state index contributed by atoms with van der Waals surface area (Å²) in [6.45, 7) is 6.78. The van der Waals surface area contributed by atoms with Crippen LogP contribution in [0.25, 0.3) is 0 Å². The Bertz CT molecular complexity index is 635. The van der Waals surface area contributed by atoms with E-state index in [0.717, 1.165) is 23.5 Å². The second-order valence-electron chi connectivity index (χ2n) is 6.46. The SMILES string of the molecule is CCCCc1ccc(C#Cc2ccc(CC(C)CC)cc2)cc1. The number of rotatable bonds is 6. The molecule has 0 aromatic heterocycles. The lowest BCUT2D eigenvalue weighted by atomic mass is 9.98. The molecule has 2 aromatic rings. The minimum absolute atomic E-state index is 0.748. The summed E-state index contributed by atoms with van der Waals surface area (Å²) < 4.78 is 0. The third-order valence-corrected chi connectivity index (χ3v) is 4.36. The van der Waals surface area contributed by atoms with E-state index in [-0.39, 0.29) is 0 Å². The van der Waals surface area contributed by atoms with Crippen molar-refractivity contribution < 1.29 is 0 Å². The fourth-order valence-electron chi connectivity index (χ4n) is 2.55. The van der Waals surface area contributed by atoms with Crippen molar-refractivity contribution in [2.75, 3.05) is 0 Å². The Morgan fingerprint density at radius 1 is 0.783 bits per heavy atom. The molecule has 0 saturated heterocycles. The fourth-order valence-corrected chi connectivity index (χ4v) is 2.55. The van der Waals surface area contributed by atoms with Gasteiger partial charge in [-0.3, -0.25) is 0 Å². The number of benzene rings is 2. The van der Waals surface area contributed by atoms with Gasteiger partial charge < -0.3 is 0 Å². The van der Waals surface area contributed by atoms with Gasteiger partial charge in [-0.05, 0) is 60.6 Å². The Morgan fingerprint density at radius 2 is 1.30 bits per heavy atom.